The maximum atomic E-state index is 13.8. The molecule has 8 aromatic rings. The summed E-state index contributed by atoms with van der Waals surface area (Å²) in [6.07, 6.45) is 6.95. The maximum Gasteiger partial charge on any atom is 0.174 e. The van der Waals surface area contributed by atoms with Crippen LogP contribution < -0.4 is 10.6 Å². The highest BCUT2D eigenvalue weighted by atomic mass is 16.1. The van der Waals surface area contributed by atoms with Gasteiger partial charge in [-0.25, -0.2) is 9.97 Å². The van der Waals surface area contributed by atoms with Gasteiger partial charge >= 0.3 is 0 Å². The lowest BCUT2D eigenvalue weighted by Crippen LogP contribution is -2.28. The van der Waals surface area contributed by atoms with E-state index < -0.39 is 11.8 Å². The third kappa shape index (κ3) is 10.1. The van der Waals surface area contributed by atoms with Gasteiger partial charge in [-0.3, -0.25) is 19.6 Å². The van der Waals surface area contributed by atoms with Gasteiger partial charge in [-0.1, -0.05) is 133 Å². The molecule has 296 valence electrons. The molecule has 0 bridgehead atoms. The van der Waals surface area contributed by atoms with Crippen molar-refractivity contribution in [3.8, 4) is 0 Å². The number of hydrogen-bond donors (Lipinski definition) is 2. The van der Waals surface area contributed by atoms with Crippen LogP contribution >= 0.6 is 0 Å². The zero-order valence-electron chi connectivity index (χ0n) is 33.5. The van der Waals surface area contributed by atoms with Crippen LogP contribution in [0.4, 0.5) is 11.6 Å². The third-order valence-corrected chi connectivity index (χ3v) is 10.3. The van der Waals surface area contributed by atoms with Crippen LogP contribution in [-0.4, -0.2) is 31.5 Å². The number of hydrogen-bond acceptors (Lipinski definition) is 8. The van der Waals surface area contributed by atoms with Crippen LogP contribution in [0.2, 0.25) is 0 Å². The smallest absolute Gasteiger partial charge is 0.174 e. The highest BCUT2D eigenvalue weighted by molar-refractivity contribution is 6.02. The number of Topliss-reactive ketones (excluding diaryl/α,β-unsaturated/α-hetero) is 2. The minimum Gasteiger partial charge on any atom is -0.362 e. The van der Waals surface area contributed by atoms with E-state index in [1.165, 1.54) is 0 Å². The van der Waals surface area contributed by atoms with Crippen LogP contribution in [0.1, 0.15) is 78.3 Å². The summed E-state index contributed by atoms with van der Waals surface area (Å²) in [5.41, 5.74) is 7.07. The molecule has 2 N–H and O–H groups in total. The monoisotopic (exact) mass is 786 g/mol. The highest BCUT2D eigenvalue weighted by Crippen LogP contribution is 2.38. The van der Waals surface area contributed by atoms with Crippen LogP contribution in [0.15, 0.2) is 207 Å². The number of rotatable bonds is 14. The lowest BCUT2D eigenvalue weighted by Gasteiger charge is -2.29. The highest BCUT2D eigenvalue weighted by Gasteiger charge is 2.35. The number of pyridine rings is 4. The van der Waals surface area contributed by atoms with Gasteiger partial charge in [-0.2, -0.15) is 0 Å². The predicted octanol–water partition coefficient (Wildman–Crippen LogP) is 11.2. The zero-order valence-corrected chi connectivity index (χ0v) is 33.5. The van der Waals surface area contributed by atoms with Gasteiger partial charge in [0.05, 0.1) is 35.3 Å². The van der Waals surface area contributed by atoms with Crippen LogP contribution in [0, 0.1) is 13.8 Å². The first-order chi connectivity index (χ1) is 29.5. The lowest BCUT2D eigenvalue weighted by molar-refractivity contribution is 0.0940. The Kier molecular flexibility index (Phi) is 13.7. The van der Waals surface area contributed by atoms with Gasteiger partial charge in [0.1, 0.15) is 11.6 Å². The van der Waals surface area contributed by atoms with Gasteiger partial charge in [0.2, 0.25) is 0 Å². The lowest BCUT2D eigenvalue weighted by atomic mass is 9.82. The van der Waals surface area contributed by atoms with Gasteiger partial charge in [-0.15, -0.1) is 0 Å². The minimum absolute atomic E-state index is 0.0194. The molecule has 0 fully saturated rings. The second-order valence-corrected chi connectivity index (χ2v) is 14.3. The Balaban J connectivity index is 0.000000181. The number of aryl methyl sites for hydroxylation is 2. The Morgan fingerprint density at radius 2 is 0.717 bits per heavy atom. The second kappa shape index (κ2) is 20.2. The van der Waals surface area contributed by atoms with Gasteiger partial charge in [-0.05, 0) is 84.6 Å². The Morgan fingerprint density at radius 1 is 0.383 bits per heavy atom. The van der Waals surface area contributed by atoms with Gasteiger partial charge in [0, 0.05) is 35.9 Å². The van der Waals surface area contributed by atoms with E-state index in [4.69, 9.17) is 0 Å². The topological polar surface area (TPSA) is 110 Å². The van der Waals surface area contributed by atoms with E-state index in [0.29, 0.717) is 22.8 Å². The first kappa shape index (κ1) is 40.6. The van der Waals surface area contributed by atoms with Crippen molar-refractivity contribution in [2.45, 2.75) is 37.8 Å². The number of nitrogens with one attached hydrogen (secondary N) is 2. The van der Waals surface area contributed by atoms with Crippen LogP contribution in [0.25, 0.3) is 0 Å². The normalized spacial score (nSPS) is 12.7. The average Bonchev–Trinajstić information content (AvgIpc) is 3.31. The Morgan fingerprint density at radius 3 is 1.05 bits per heavy atom. The molecule has 4 aromatic heterocycles. The molecule has 8 rings (SSSR count). The van der Waals surface area contributed by atoms with E-state index >= 15 is 0 Å². The molecule has 0 saturated heterocycles. The molecule has 0 amide bonds. The Labute approximate surface area is 351 Å². The van der Waals surface area contributed by atoms with Crippen molar-refractivity contribution in [3.63, 3.8) is 0 Å². The molecule has 0 aliphatic rings. The molecule has 4 aromatic carbocycles. The molecule has 8 heteroatoms. The van der Waals surface area contributed by atoms with E-state index in [1.807, 2.05) is 158 Å². The van der Waals surface area contributed by atoms with E-state index in [0.717, 1.165) is 33.6 Å². The summed E-state index contributed by atoms with van der Waals surface area (Å²) in [5, 5.41) is 7.03. The number of carbonyl (C=O) groups excluding carboxylic acids is 2. The molecule has 0 saturated carbocycles. The standard InChI is InChI=1S/2C26H23N3O/c2*1-19-11-5-6-14-21(19)25(29-23-16-8-10-18-28-23)24(22-15-7-9-17-27-22)26(30)20-12-3-2-4-13-20/h2*2-18,24-25H,1H3,(H,28,29)/t2*24-,25+/m10/s1. The number of anilines is 2. The predicted molar refractivity (Wildman–Crippen MR) is 239 cm³/mol. The quantitative estimate of drug-likeness (QED) is 0.105. The number of benzene rings is 4. The third-order valence-electron chi connectivity index (χ3n) is 10.3. The summed E-state index contributed by atoms with van der Waals surface area (Å²) < 4.78 is 0. The number of nitrogens with zero attached hydrogens (tertiary/aromatic N) is 4. The average molecular weight is 787 g/mol. The molecule has 0 aliphatic carbocycles. The van der Waals surface area contributed by atoms with Crippen molar-refractivity contribution in [1.82, 2.24) is 19.9 Å². The Bertz CT molecular complexity index is 2380. The fourth-order valence-electron chi connectivity index (χ4n) is 7.36. The van der Waals surface area contributed by atoms with E-state index in [2.05, 4.69) is 68.7 Å². The van der Waals surface area contributed by atoms with Crippen molar-refractivity contribution in [2.75, 3.05) is 10.6 Å². The summed E-state index contributed by atoms with van der Waals surface area (Å²) in [5.74, 6) is 0.436. The van der Waals surface area contributed by atoms with Crippen LogP contribution in [0.3, 0.4) is 0 Å². The number of carbonyl (C=O) groups is 2. The van der Waals surface area contributed by atoms with Crippen molar-refractivity contribution < 1.29 is 9.59 Å². The zero-order chi connectivity index (χ0) is 41.5. The fraction of sp³-hybridized carbons (Fsp3) is 0.115. The SMILES string of the molecule is Cc1ccccc1[C@@H](Nc1ccccn1)[C@@H](C(=O)c1ccccc1)c1ccccn1.Cc1ccccc1[C@H](Nc1ccccn1)[C@H](C(=O)c1ccccc1)c1ccccn1. The minimum atomic E-state index is -0.517. The van der Waals surface area contributed by atoms with Crippen LogP contribution in [0.5, 0.6) is 0 Å². The molecule has 60 heavy (non-hydrogen) atoms. The molecular weight excluding hydrogens is 741 g/mol. The summed E-state index contributed by atoms with van der Waals surface area (Å²) in [6, 6.07) is 57.2. The summed E-state index contributed by atoms with van der Waals surface area (Å²) >= 11 is 0. The molecule has 8 nitrogen and oxygen atoms in total. The number of ketones is 2. The first-order valence-electron chi connectivity index (χ1n) is 19.9. The molecule has 0 unspecified atom stereocenters. The van der Waals surface area contributed by atoms with E-state index in [-0.39, 0.29) is 23.7 Å². The molecule has 0 spiro atoms. The van der Waals surface area contributed by atoms with Gasteiger partial charge < -0.3 is 10.6 Å². The largest absolute Gasteiger partial charge is 0.362 e. The Hall–Kier alpha value is -7.58. The van der Waals surface area contributed by atoms with E-state index in [1.54, 1.807) is 24.8 Å². The molecule has 0 radical (unpaired) electrons. The molecular formula is C52H46N6O2. The van der Waals surface area contributed by atoms with Crippen molar-refractivity contribution in [1.29, 1.82) is 0 Å². The molecule has 4 heterocycles. The van der Waals surface area contributed by atoms with Crippen molar-refractivity contribution in [3.05, 3.63) is 252 Å². The second-order valence-electron chi connectivity index (χ2n) is 14.3. The fourth-order valence-corrected chi connectivity index (χ4v) is 7.36. The summed E-state index contributed by atoms with van der Waals surface area (Å²) in [4.78, 5) is 45.5. The first-order valence-corrected chi connectivity index (χ1v) is 19.9. The van der Waals surface area contributed by atoms with Crippen LogP contribution in [-0.2, 0) is 0 Å². The summed E-state index contributed by atoms with van der Waals surface area (Å²) in [7, 11) is 0. The number of aromatic nitrogens is 4. The van der Waals surface area contributed by atoms with Gasteiger partial charge in [0.15, 0.2) is 11.6 Å². The maximum absolute atomic E-state index is 13.8. The van der Waals surface area contributed by atoms with Crippen molar-refractivity contribution >= 4 is 23.2 Å². The molecule has 4 atom stereocenters. The molecule has 0 aliphatic heterocycles. The van der Waals surface area contributed by atoms with E-state index in [9.17, 15) is 9.59 Å². The van der Waals surface area contributed by atoms with Crippen molar-refractivity contribution in [2.24, 2.45) is 0 Å². The summed E-state index contributed by atoms with van der Waals surface area (Å²) in [6.45, 7) is 4.12. The van der Waals surface area contributed by atoms with Gasteiger partial charge in [0.25, 0.3) is 0 Å².